The molecule has 1 saturated carbocycles. The number of nitrogens with zero attached hydrogens (tertiary/aromatic N) is 5. The van der Waals surface area contributed by atoms with Crippen molar-refractivity contribution in [2.24, 2.45) is 11.5 Å². The van der Waals surface area contributed by atoms with Crippen LogP contribution in [0.4, 0.5) is 17.5 Å². The number of anilines is 3. The van der Waals surface area contributed by atoms with Crippen LogP contribution in [-0.2, 0) is 0 Å². The number of aromatic nitrogens is 5. The summed E-state index contributed by atoms with van der Waals surface area (Å²) >= 11 is 0. The average molecular weight is 393 g/mol. The quantitative estimate of drug-likeness (QED) is 0.493. The van der Waals surface area contributed by atoms with Crippen LogP contribution in [-0.4, -0.2) is 43.0 Å². The van der Waals surface area contributed by atoms with Crippen molar-refractivity contribution in [3.63, 3.8) is 0 Å². The molecule has 10 nitrogen and oxygen atoms in total. The minimum Gasteiger partial charge on any atom is -0.365 e. The van der Waals surface area contributed by atoms with Crippen LogP contribution in [0.5, 0.6) is 0 Å². The van der Waals surface area contributed by atoms with E-state index in [0.717, 1.165) is 31.4 Å². The van der Waals surface area contributed by atoms with E-state index < -0.39 is 5.91 Å². The van der Waals surface area contributed by atoms with Crippen molar-refractivity contribution in [3.05, 3.63) is 48.4 Å². The summed E-state index contributed by atoms with van der Waals surface area (Å²) < 4.78 is 0. The zero-order chi connectivity index (χ0) is 20.2. The topological polar surface area (TPSA) is 150 Å². The molecule has 1 aromatic carbocycles. The number of carbonyl (C=O) groups excluding carboxylic acids is 1. The molecule has 29 heavy (non-hydrogen) atoms. The van der Waals surface area contributed by atoms with Crippen molar-refractivity contribution in [2.45, 2.75) is 37.8 Å². The van der Waals surface area contributed by atoms with Gasteiger partial charge < -0.3 is 22.1 Å². The Morgan fingerprint density at radius 1 is 1.17 bits per heavy atom. The van der Waals surface area contributed by atoms with Crippen molar-refractivity contribution in [1.29, 1.82) is 0 Å². The Morgan fingerprint density at radius 3 is 2.72 bits per heavy atom. The lowest BCUT2D eigenvalue weighted by Gasteiger charge is -2.29. The molecule has 3 aromatic rings. The second-order valence-corrected chi connectivity index (χ2v) is 7.01. The molecule has 0 bridgehead atoms. The summed E-state index contributed by atoms with van der Waals surface area (Å²) in [5.74, 6) is 0.119. The molecular weight excluding hydrogens is 370 g/mol. The van der Waals surface area contributed by atoms with Gasteiger partial charge in [0, 0.05) is 24.0 Å². The van der Waals surface area contributed by atoms with Gasteiger partial charge in [0.25, 0.3) is 5.91 Å². The Kier molecular flexibility index (Phi) is 5.34. The molecule has 0 saturated heterocycles. The Hall–Kier alpha value is -3.53. The van der Waals surface area contributed by atoms with Crippen molar-refractivity contribution in [2.75, 3.05) is 10.6 Å². The van der Waals surface area contributed by atoms with Crippen LogP contribution >= 0.6 is 0 Å². The van der Waals surface area contributed by atoms with E-state index in [4.69, 9.17) is 11.5 Å². The lowest BCUT2D eigenvalue weighted by atomic mass is 9.91. The normalized spacial score (nSPS) is 18.9. The highest BCUT2D eigenvalue weighted by Gasteiger charge is 2.23. The number of amides is 1. The fourth-order valence-corrected chi connectivity index (χ4v) is 3.43. The standard InChI is InChI=1S/C19H23N9O/c20-15-6-1-2-7-16(15)26-19-22-11-14(17(21)29)18(27-19)25-12-4-3-5-13(10-12)28-23-8-9-24-28/h3-5,8-11,15-16H,1-2,6-7,20H2,(H2,21,29)(H2,22,25,26,27)/t15-,16?/m0/s1. The summed E-state index contributed by atoms with van der Waals surface area (Å²) in [6.45, 7) is 0. The molecule has 2 atom stereocenters. The van der Waals surface area contributed by atoms with Gasteiger partial charge in [-0.25, -0.2) is 4.98 Å². The molecular formula is C19H23N9O. The maximum Gasteiger partial charge on any atom is 0.254 e. The molecule has 0 radical (unpaired) electrons. The maximum atomic E-state index is 11.9. The monoisotopic (exact) mass is 393 g/mol. The largest absolute Gasteiger partial charge is 0.365 e. The van der Waals surface area contributed by atoms with Crippen LogP contribution in [0.1, 0.15) is 36.0 Å². The SMILES string of the molecule is NC(=O)c1cnc(NC2CCCC[C@@H]2N)nc1Nc1cccc(-n2nccn2)c1. The first kappa shape index (κ1) is 18.8. The molecule has 1 aliphatic rings. The number of primary amides is 1. The minimum absolute atomic E-state index is 0.0535. The van der Waals surface area contributed by atoms with E-state index in [0.29, 0.717) is 17.5 Å². The fraction of sp³-hybridized carbons (Fsp3) is 0.316. The molecule has 0 aliphatic heterocycles. The van der Waals surface area contributed by atoms with Gasteiger partial charge in [0.15, 0.2) is 0 Å². The molecule has 1 amide bonds. The number of nitrogens with two attached hydrogens (primary N) is 2. The van der Waals surface area contributed by atoms with Gasteiger partial charge in [-0.05, 0) is 31.0 Å². The minimum atomic E-state index is -0.613. The number of hydrogen-bond donors (Lipinski definition) is 4. The third-order valence-corrected chi connectivity index (χ3v) is 4.95. The van der Waals surface area contributed by atoms with Crippen molar-refractivity contribution in [3.8, 4) is 5.69 Å². The first-order valence-electron chi connectivity index (χ1n) is 9.53. The van der Waals surface area contributed by atoms with E-state index in [1.807, 2.05) is 24.3 Å². The van der Waals surface area contributed by atoms with E-state index in [1.165, 1.54) is 11.0 Å². The summed E-state index contributed by atoms with van der Waals surface area (Å²) in [7, 11) is 0. The smallest absolute Gasteiger partial charge is 0.254 e. The second-order valence-electron chi connectivity index (χ2n) is 7.01. The van der Waals surface area contributed by atoms with Crippen LogP contribution in [0, 0.1) is 0 Å². The van der Waals surface area contributed by atoms with E-state index in [-0.39, 0.29) is 17.6 Å². The molecule has 1 fully saturated rings. The second kappa shape index (κ2) is 8.23. The first-order valence-corrected chi connectivity index (χ1v) is 9.53. The number of hydrogen-bond acceptors (Lipinski definition) is 8. The van der Waals surface area contributed by atoms with E-state index >= 15 is 0 Å². The fourth-order valence-electron chi connectivity index (χ4n) is 3.43. The molecule has 10 heteroatoms. The van der Waals surface area contributed by atoms with E-state index in [9.17, 15) is 4.79 Å². The van der Waals surface area contributed by atoms with Crippen LogP contribution in [0.2, 0.25) is 0 Å². The zero-order valence-electron chi connectivity index (χ0n) is 15.8. The van der Waals surface area contributed by atoms with Gasteiger partial charge in [-0.1, -0.05) is 18.9 Å². The summed E-state index contributed by atoms with van der Waals surface area (Å²) in [5.41, 5.74) is 13.4. The molecule has 2 heterocycles. The molecule has 0 spiro atoms. The van der Waals surface area contributed by atoms with Gasteiger partial charge in [0.1, 0.15) is 11.4 Å². The number of rotatable bonds is 6. The zero-order valence-corrected chi connectivity index (χ0v) is 15.8. The Balaban J connectivity index is 1.60. The molecule has 2 aromatic heterocycles. The summed E-state index contributed by atoms with van der Waals surface area (Å²) in [6, 6.07) is 7.58. The van der Waals surface area contributed by atoms with Gasteiger partial charge in [-0.2, -0.15) is 20.0 Å². The average Bonchev–Trinajstić information content (AvgIpc) is 3.25. The van der Waals surface area contributed by atoms with Gasteiger partial charge in [0.05, 0.1) is 18.1 Å². The van der Waals surface area contributed by atoms with Gasteiger partial charge in [0.2, 0.25) is 5.95 Å². The Bertz CT molecular complexity index is 989. The number of benzene rings is 1. The van der Waals surface area contributed by atoms with Gasteiger partial charge in [-0.15, -0.1) is 0 Å². The summed E-state index contributed by atoms with van der Waals surface area (Å²) in [6.07, 6.45) is 8.81. The van der Waals surface area contributed by atoms with Crippen LogP contribution in [0.25, 0.3) is 5.69 Å². The first-order chi connectivity index (χ1) is 14.1. The third-order valence-electron chi connectivity index (χ3n) is 4.95. The predicted molar refractivity (Wildman–Crippen MR) is 109 cm³/mol. The molecule has 4 rings (SSSR count). The highest BCUT2D eigenvalue weighted by Crippen LogP contribution is 2.24. The molecule has 150 valence electrons. The lowest BCUT2D eigenvalue weighted by Crippen LogP contribution is -2.43. The van der Waals surface area contributed by atoms with Crippen molar-refractivity contribution >= 4 is 23.4 Å². The highest BCUT2D eigenvalue weighted by molar-refractivity contribution is 5.98. The predicted octanol–water partition coefficient (Wildman–Crippen LogP) is 1.58. The van der Waals surface area contributed by atoms with Crippen molar-refractivity contribution in [1.82, 2.24) is 25.0 Å². The molecule has 1 unspecified atom stereocenters. The van der Waals surface area contributed by atoms with Crippen LogP contribution in [0.3, 0.4) is 0 Å². The van der Waals surface area contributed by atoms with Crippen LogP contribution in [0.15, 0.2) is 42.9 Å². The Labute approximate surface area is 167 Å². The van der Waals surface area contributed by atoms with Crippen molar-refractivity contribution < 1.29 is 4.79 Å². The summed E-state index contributed by atoms with van der Waals surface area (Å²) in [4.78, 5) is 22.1. The van der Waals surface area contributed by atoms with Crippen LogP contribution < -0.4 is 22.1 Å². The maximum absolute atomic E-state index is 11.9. The Morgan fingerprint density at radius 2 is 1.97 bits per heavy atom. The lowest BCUT2D eigenvalue weighted by molar-refractivity contribution is 0.100. The molecule has 6 N–H and O–H groups in total. The molecule has 1 aliphatic carbocycles. The van der Waals surface area contributed by atoms with E-state index in [1.54, 1.807) is 12.4 Å². The van der Waals surface area contributed by atoms with Gasteiger partial charge >= 0.3 is 0 Å². The van der Waals surface area contributed by atoms with Gasteiger partial charge in [-0.3, -0.25) is 4.79 Å². The third kappa shape index (κ3) is 4.32. The highest BCUT2D eigenvalue weighted by atomic mass is 16.1. The van der Waals surface area contributed by atoms with E-state index in [2.05, 4.69) is 30.8 Å². The number of carbonyl (C=O) groups is 1. The number of nitrogens with one attached hydrogen (secondary N) is 2. The summed E-state index contributed by atoms with van der Waals surface area (Å²) in [5, 5.41) is 14.7.